The third-order valence-corrected chi connectivity index (χ3v) is 4.04. The average Bonchev–Trinajstić information content (AvgIpc) is 2.97. The number of amides is 1. The van der Waals surface area contributed by atoms with Crippen LogP contribution in [0.15, 0.2) is 10.7 Å². The van der Waals surface area contributed by atoms with Gasteiger partial charge in [-0.2, -0.15) is 5.10 Å². The molecule has 6 heteroatoms. The molecule has 0 spiro atoms. The Labute approximate surface area is 115 Å². The molecule has 0 saturated carbocycles. The highest BCUT2D eigenvalue weighted by molar-refractivity contribution is 9.10. The van der Waals surface area contributed by atoms with Crippen molar-refractivity contribution in [3.8, 4) is 0 Å². The molecule has 2 heterocycles. The second kappa shape index (κ2) is 5.84. The van der Waals surface area contributed by atoms with Gasteiger partial charge in [0.1, 0.15) is 6.04 Å². The number of hydrogen-bond donors (Lipinski definition) is 1. The highest BCUT2D eigenvalue weighted by atomic mass is 79.9. The number of carbonyl (C=O) groups is 1. The lowest BCUT2D eigenvalue weighted by molar-refractivity contribution is -0.124. The zero-order chi connectivity index (χ0) is 13.1. The molecule has 2 rings (SSSR count). The van der Waals surface area contributed by atoms with Gasteiger partial charge in [0.05, 0.1) is 22.5 Å². The maximum Gasteiger partial charge on any atom is 0.244 e. The van der Waals surface area contributed by atoms with Gasteiger partial charge in [-0.05, 0) is 42.6 Å². The summed E-state index contributed by atoms with van der Waals surface area (Å²) in [5, 5.41) is 7.11. The van der Waals surface area contributed by atoms with Crippen LogP contribution in [-0.2, 0) is 9.53 Å². The van der Waals surface area contributed by atoms with Crippen molar-refractivity contribution >= 4 is 21.8 Å². The number of nitrogens with one attached hydrogen (secondary N) is 1. The number of ether oxygens (including phenoxy) is 1. The first-order valence-electron chi connectivity index (χ1n) is 6.18. The van der Waals surface area contributed by atoms with Crippen LogP contribution in [0.1, 0.15) is 31.5 Å². The van der Waals surface area contributed by atoms with Gasteiger partial charge >= 0.3 is 0 Å². The summed E-state index contributed by atoms with van der Waals surface area (Å²) in [6, 6.07) is -0.308. The first-order chi connectivity index (χ1) is 8.59. The molecule has 5 nitrogen and oxygen atoms in total. The number of halogens is 1. The zero-order valence-corrected chi connectivity index (χ0v) is 12.2. The molecule has 0 radical (unpaired) electrons. The number of hydrogen-bond acceptors (Lipinski definition) is 3. The molecule has 0 bridgehead atoms. The first-order valence-corrected chi connectivity index (χ1v) is 6.98. The van der Waals surface area contributed by atoms with Crippen molar-refractivity contribution in [2.24, 2.45) is 0 Å². The summed E-state index contributed by atoms with van der Waals surface area (Å²) in [6.07, 6.45) is 3.99. The summed E-state index contributed by atoms with van der Waals surface area (Å²) in [4.78, 5) is 12.0. The van der Waals surface area contributed by atoms with Crippen molar-refractivity contribution in [3.63, 3.8) is 0 Å². The largest absolute Gasteiger partial charge is 0.376 e. The summed E-state index contributed by atoms with van der Waals surface area (Å²) in [5.41, 5.74) is 0.953. The summed E-state index contributed by atoms with van der Waals surface area (Å²) in [7, 11) is 0. The SMILES string of the molecule is Cc1c(Br)cnn1[C@@H](C)C(=O)NC[C@H]1CCCO1. The third kappa shape index (κ3) is 2.92. The first kappa shape index (κ1) is 13.5. The van der Waals surface area contributed by atoms with E-state index in [2.05, 4.69) is 26.3 Å². The second-order valence-electron chi connectivity index (χ2n) is 4.58. The molecule has 1 aliphatic rings. The van der Waals surface area contributed by atoms with Gasteiger partial charge in [-0.25, -0.2) is 0 Å². The molecule has 0 aliphatic carbocycles. The zero-order valence-electron chi connectivity index (χ0n) is 10.6. The van der Waals surface area contributed by atoms with Gasteiger partial charge in [0.15, 0.2) is 0 Å². The van der Waals surface area contributed by atoms with Gasteiger partial charge < -0.3 is 10.1 Å². The Morgan fingerprint density at radius 3 is 3.11 bits per heavy atom. The molecular weight excluding hydrogens is 298 g/mol. The van der Waals surface area contributed by atoms with Crippen LogP contribution in [0.5, 0.6) is 0 Å². The van der Waals surface area contributed by atoms with E-state index in [9.17, 15) is 4.79 Å². The monoisotopic (exact) mass is 315 g/mol. The van der Waals surface area contributed by atoms with E-state index in [1.807, 2.05) is 13.8 Å². The van der Waals surface area contributed by atoms with Crippen LogP contribution in [0, 0.1) is 6.92 Å². The third-order valence-electron chi connectivity index (χ3n) is 3.26. The lowest BCUT2D eigenvalue weighted by atomic mass is 10.2. The Hall–Kier alpha value is -0.880. The standard InChI is InChI=1S/C12H18BrN3O2/c1-8-11(13)7-15-16(8)9(2)12(17)14-6-10-4-3-5-18-10/h7,9-10H,3-6H2,1-2H3,(H,14,17)/t9-,10+/m0/s1. The fourth-order valence-corrected chi connectivity index (χ4v) is 2.34. The van der Waals surface area contributed by atoms with E-state index in [-0.39, 0.29) is 18.1 Å². The number of rotatable bonds is 4. The van der Waals surface area contributed by atoms with Crippen LogP contribution in [0.25, 0.3) is 0 Å². The Morgan fingerprint density at radius 1 is 1.78 bits per heavy atom. The van der Waals surface area contributed by atoms with E-state index in [4.69, 9.17) is 4.74 Å². The molecule has 1 aliphatic heterocycles. The van der Waals surface area contributed by atoms with E-state index < -0.39 is 0 Å². The van der Waals surface area contributed by atoms with Crippen molar-refractivity contribution in [3.05, 3.63) is 16.4 Å². The van der Waals surface area contributed by atoms with Gasteiger partial charge in [0.2, 0.25) is 5.91 Å². The molecule has 0 aromatic carbocycles. The Kier molecular flexibility index (Phi) is 4.40. The molecule has 1 amide bonds. The van der Waals surface area contributed by atoms with Crippen molar-refractivity contribution in [2.45, 2.75) is 38.8 Å². The van der Waals surface area contributed by atoms with Gasteiger partial charge in [-0.3, -0.25) is 9.48 Å². The molecule has 100 valence electrons. The smallest absolute Gasteiger partial charge is 0.244 e. The summed E-state index contributed by atoms with van der Waals surface area (Å²) in [5.74, 6) is -0.0239. The lowest BCUT2D eigenvalue weighted by Crippen LogP contribution is -2.36. The van der Waals surface area contributed by atoms with Crippen LogP contribution in [-0.4, -0.2) is 34.9 Å². The van der Waals surface area contributed by atoms with Crippen LogP contribution in [0.3, 0.4) is 0 Å². The molecule has 1 N–H and O–H groups in total. The van der Waals surface area contributed by atoms with Gasteiger partial charge in [0.25, 0.3) is 0 Å². The molecular formula is C12H18BrN3O2. The fraction of sp³-hybridized carbons (Fsp3) is 0.667. The summed E-state index contributed by atoms with van der Waals surface area (Å²) in [6.45, 7) is 5.17. The Bertz CT molecular complexity index is 427. The highest BCUT2D eigenvalue weighted by Gasteiger charge is 2.21. The molecule has 18 heavy (non-hydrogen) atoms. The van der Waals surface area contributed by atoms with E-state index >= 15 is 0 Å². The van der Waals surface area contributed by atoms with Crippen LogP contribution >= 0.6 is 15.9 Å². The van der Waals surface area contributed by atoms with Crippen LogP contribution < -0.4 is 5.32 Å². The number of nitrogens with zero attached hydrogens (tertiary/aromatic N) is 2. The minimum absolute atomic E-state index is 0.0239. The topological polar surface area (TPSA) is 56.2 Å². The van der Waals surface area contributed by atoms with E-state index in [1.165, 1.54) is 0 Å². The van der Waals surface area contributed by atoms with E-state index in [1.54, 1.807) is 10.9 Å². The molecule has 2 atom stereocenters. The quantitative estimate of drug-likeness (QED) is 0.922. The summed E-state index contributed by atoms with van der Waals surface area (Å²) >= 11 is 3.39. The highest BCUT2D eigenvalue weighted by Crippen LogP contribution is 2.18. The predicted octanol–water partition coefficient (Wildman–Crippen LogP) is 1.81. The Morgan fingerprint density at radius 2 is 2.56 bits per heavy atom. The Balaban J connectivity index is 1.90. The molecule has 1 aromatic heterocycles. The molecule has 1 aromatic rings. The minimum atomic E-state index is -0.308. The van der Waals surface area contributed by atoms with E-state index in [0.717, 1.165) is 29.6 Å². The fourth-order valence-electron chi connectivity index (χ4n) is 2.07. The van der Waals surface area contributed by atoms with Crippen LogP contribution in [0.2, 0.25) is 0 Å². The average molecular weight is 316 g/mol. The maximum absolute atomic E-state index is 12.0. The molecule has 1 saturated heterocycles. The maximum atomic E-state index is 12.0. The molecule has 0 unspecified atom stereocenters. The summed E-state index contributed by atoms with van der Waals surface area (Å²) < 4.78 is 8.11. The molecule has 1 fully saturated rings. The van der Waals surface area contributed by atoms with Gasteiger partial charge in [-0.15, -0.1) is 0 Å². The van der Waals surface area contributed by atoms with Gasteiger partial charge in [0, 0.05) is 13.2 Å². The lowest BCUT2D eigenvalue weighted by Gasteiger charge is -2.16. The van der Waals surface area contributed by atoms with Crippen molar-refractivity contribution < 1.29 is 9.53 Å². The predicted molar refractivity (Wildman–Crippen MR) is 71.4 cm³/mol. The number of carbonyl (C=O) groups excluding carboxylic acids is 1. The van der Waals surface area contributed by atoms with Crippen molar-refractivity contribution in [1.82, 2.24) is 15.1 Å². The second-order valence-corrected chi connectivity index (χ2v) is 5.43. The van der Waals surface area contributed by atoms with Gasteiger partial charge in [-0.1, -0.05) is 0 Å². The number of aromatic nitrogens is 2. The minimum Gasteiger partial charge on any atom is -0.376 e. The normalized spacial score (nSPS) is 20.9. The van der Waals surface area contributed by atoms with Crippen molar-refractivity contribution in [1.29, 1.82) is 0 Å². The van der Waals surface area contributed by atoms with E-state index in [0.29, 0.717) is 6.54 Å². The van der Waals surface area contributed by atoms with Crippen LogP contribution in [0.4, 0.5) is 0 Å². The van der Waals surface area contributed by atoms with Crippen molar-refractivity contribution in [2.75, 3.05) is 13.2 Å².